The standard InChI is InChI=1S/C26H27NO6S/c1-4-34(30)25-12-8-5-9-20(25)26(29)32-16-22(28)21-13-17(2)27(18(21)3)14-19-15-31-23-10-6-7-11-24(23)33-19/h5-13,19H,4,14-16H2,1-3H3/t19-,34-/m0/s1. The van der Waals surface area contributed by atoms with E-state index in [2.05, 4.69) is 0 Å². The molecule has 0 bridgehead atoms. The normalized spacial score (nSPS) is 15.6. The third-order valence-corrected chi connectivity index (χ3v) is 7.15. The number of aryl methyl sites for hydroxylation is 1. The molecule has 0 spiro atoms. The third kappa shape index (κ3) is 4.92. The smallest absolute Gasteiger partial charge is 0.339 e. The number of carbonyl (C=O) groups is 2. The molecule has 0 fully saturated rings. The summed E-state index contributed by atoms with van der Waals surface area (Å²) in [4.78, 5) is 25.9. The van der Waals surface area contributed by atoms with Gasteiger partial charge in [0.05, 0.1) is 27.8 Å². The highest BCUT2D eigenvalue weighted by Gasteiger charge is 2.25. The number of hydrogen-bond acceptors (Lipinski definition) is 6. The zero-order chi connectivity index (χ0) is 24.2. The fraction of sp³-hybridized carbons (Fsp3) is 0.308. The predicted molar refractivity (Wildman–Crippen MR) is 128 cm³/mol. The minimum Gasteiger partial charge on any atom is -0.486 e. The maximum atomic E-state index is 12.9. The molecule has 7 nitrogen and oxygen atoms in total. The Balaban J connectivity index is 1.43. The van der Waals surface area contributed by atoms with Crippen LogP contribution < -0.4 is 9.47 Å². The van der Waals surface area contributed by atoms with E-state index in [0.29, 0.717) is 35.1 Å². The number of aromatic nitrogens is 1. The number of nitrogens with zero attached hydrogens (tertiary/aromatic N) is 1. The Morgan fingerprint density at radius 2 is 1.76 bits per heavy atom. The van der Waals surface area contributed by atoms with Gasteiger partial charge in [0.2, 0.25) is 5.78 Å². The van der Waals surface area contributed by atoms with Crippen molar-refractivity contribution in [3.05, 3.63) is 77.1 Å². The van der Waals surface area contributed by atoms with Crippen LogP contribution in [-0.2, 0) is 22.1 Å². The van der Waals surface area contributed by atoms with Gasteiger partial charge in [0.25, 0.3) is 0 Å². The second-order valence-corrected chi connectivity index (χ2v) is 9.73. The van der Waals surface area contributed by atoms with Crippen molar-refractivity contribution < 1.29 is 28.0 Å². The summed E-state index contributed by atoms with van der Waals surface area (Å²) in [5.41, 5.74) is 2.38. The summed E-state index contributed by atoms with van der Waals surface area (Å²) in [6.07, 6.45) is -0.198. The number of rotatable bonds is 8. The lowest BCUT2D eigenvalue weighted by Gasteiger charge is -2.27. The molecule has 4 rings (SSSR count). The number of fused-ring (bicyclic) bond motifs is 1. The molecule has 0 amide bonds. The SMILES string of the molecule is CC[S@](=O)c1ccccc1C(=O)OCC(=O)c1cc(C)n(C[C@H]2COc3ccccc3O2)c1C. The minimum absolute atomic E-state index is 0.198. The van der Waals surface area contributed by atoms with Crippen molar-refractivity contribution in [2.45, 2.75) is 38.3 Å². The number of ether oxygens (including phenoxy) is 3. The molecule has 1 aliphatic rings. The quantitative estimate of drug-likeness (QED) is 0.356. The molecule has 2 heterocycles. The number of para-hydroxylation sites is 2. The van der Waals surface area contributed by atoms with Crippen molar-refractivity contribution in [3.63, 3.8) is 0 Å². The molecule has 1 aromatic heterocycles. The molecule has 0 aliphatic carbocycles. The van der Waals surface area contributed by atoms with Crippen molar-refractivity contribution in [2.75, 3.05) is 19.0 Å². The van der Waals surface area contributed by atoms with Gasteiger partial charge in [0.15, 0.2) is 24.2 Å². The topological polar surface area (TPSA) is 83.8 Å². The zero-order valence-electron chi connectivity index (χ0n) is 19.4. The van der Waals surface area contributed by atoms with Gasteiger partial charge in [-0.1, -0.05) is 31.2 Å². The molecule has 8 heteroatoms. The van der Waals surface area contributed by atoms with E-state index in [-0.39, 0.29) is 17.5 Å². The Hall–Kier alpha value is -3.39. The van der Waals surface area contributed by atoms with Gasteiger partial charge in [0.1, 0.15) is 6.61 Å². The van der Waals surface area contributed by atoms with E-state index in [1.165, 1.54) is 0 Å². The first kappa shape index (κ1) is 23.8. The Morgan fingerprint density at radius 1 is 1.06 bits per heavy atom. The first-order chi connectivity index (χ1) is 16.4. The van der Waals surface area contributed by atoms with Gasteiger partial charge >= 0.3 is 5.97 Å². The Labute approximate surface area is 201 Å². The lowest BCUT2D eigenvalue weighted by atomic mass is 10.1. The maximum absolute atomic E-state index is 12.9. The summed E-state index contributed by atoms with van der Waals surface area (Å²) >= 11 is 0. The average molecular weight is 482 g/mol. The number of Topliss-reactive ketones (excluding diaryl/α,β-unsaturated/α-hetero) is 1. The van der Waals surface area contributed by atoms with E-state index < -0.39 is 23.4 Å². The Bertz CT molecular complexity index is 1250. The van der Waals surface area contributed by atoms with Gasteiger partial charge in [-0.2, -0.15) is 0 Å². The van der Waals surface area contributed by atoms with E-state index in [9.17, 15) is 13.8 Å². The number of ketones is 1. The largest absolute Gasteiger partial charge is 0.486 e. The van der Waals surface area contributed by atoms with Gasteiger partial charge in [-0.3, -0.25) is 9.00 Å². The molecule has 178 valence electrons. The van der Waals surface area contributed by atoms with Crippen LogP contribution >= 0.6 is 0 Å². The molecular weight excluding hydrogens is 454 g/mol. The summed E-state index contributed by atoms with van der Waals surface area (Å²) < 4.78 is 31.4. The molecule has 0 radical (unpaired) electrons. The predicted octanol–water partition coefficient (Wildman–Crippen LogP) is 4.11. The van der Waals surface area contributed by atoms with Crippen LogP contribution in [0.25, 0.3) is 0 Å². The summed E-state index contributed by atoms with van der Waals surface area (Å²) in [6, 6.07) is 15.9. The molecule has 0 N–H and O–H groups in total. The summed E-state index contributed by atoms with van der Waals surface area (Å²) in [5.74, 6) is 0.852. The fourth-order valence-corrected chi connectivity index (χ4v) is 4.93. The highest BCUT2D eigenvalue weighted by atomic mass is 32.2. The minimum atomic E-state index is -1.31. The van der Waals surface area contributed by atoms with E-state index in [4.69, 9.17) is 14.2 Å². The molecule has 34 heavy (non-hydrogen) atoms. The van der Waals surface area contributed by atoms with E-state index in [1.54, 1.807) is 37.3 Å². The monoisotopic (exact) mass is 481 g/mol. The Morgan fingerprint density at radius 3 is 2.53 bits per heavy atom. The van der Waals surface area contributed by atoms with Crippen LogP contribution in [0.2, 0.25) is 0 Å². The van der Waals surface area contributed by atoms with Gasteiger partial charge in [-0.25, -0.2) is 4.79 Å². The fourth-order valence-electron chi connectivity index (χ4n) is 4.00. The van der Waals surface area contributed by atoms with Crippen LogP contribution in [0, 0.1) is 13.8 Å². The van der Waals surface area contributed by atoms with Crippen molar-refractivity contribution in [1.82, 2.24) is 4.57 Å². The molecule has 3 aromatic rings. The molecule has 2 atom stereocenters. The summed E-state index contributed by atoms with van der Waals surface area (Å²) in [7, 11) is -1.31. The van der Waals surface area contributed by atoms with Crippen LogP contribution in [0.4, 0.5) is 0 Å². The van der Waals surface area contributed by atoms with Crippen LogP contribution in [0.15, 0.2) is 59.5 Å². The first-order valence-corrected chi connectivity index (χ1v) is 12.4. The molecule has 0 unspecified atom stereocenters. The molecule has 0 saturated carbocycles. The number of esters is 1. The van der Waals surface area contributed by atoms with Crippen molar-refractivity contribution >= 4 is 22.6 Å². The highest BCUT2D eigenvalue weighted by Crippen LogP contribution is 2.31. The number of benzene rings is 2. The molecular formula is C26H27NO6S. The van der Waals surface area contributed by atoms with Crippen LogP contribution in [0.3, 0.4) is 0 Å². The van der Waals surface area contributed by atoms with E-state index in [1.807, 2.05) is 42.7 Å². The lowest BCUT2D eigenvalue weighted by molar-refractivity contribution is 0.0471. The summed E-state index contributed by atoms with van der Waals surface area (Å²) in [6.45, 7) is 6.10. The van der Waals surface area contributed by atoms with Crippen molar-refractivity contribution in [3.8, 4) is 11.5 Å². The number of hydrogen-bond donors (Lipinski definition) is 0. The number of carbonyl (C=O) groups excluding carboxylic acids is 2. The van der Waals surface area contributed by atoms with Gasteiger partial charge in [-0.05, 0) is 44.2 Å². The molecule has 2 aromatic carbocycles. The van der Waals surface area contributed by atoms with Gasteiger partial charge in [0, 0.05) is 22.7 Å². The second kappa shape index (κ2) is 10.3. The average Bonchev–Trinajstić information content (AvgIpc) is 3.14. The van der Waals surface area contributed by atoms with Crippen LogP contribution in [-0.4, -0.2) is 45.6 Å². The molecule has 0 saturated heterocycles. The van der Waals surface area contributed by atoms with Crippen LogP contribution in [0.5, 0.6) is 11.5 Å². The van der Waals surface area contributed by atoms with Gasteiger partial charge in [-0.15, -0.1) is 0 Å². The van der Waals surface area contributed by atoms with E-state index in [0.717, 1.165) is 17.1 Å². The third-order valence-electron chi connectivity index (χ3n) is 5.78. The van der Waals surface area contributed by atoms with E-state index >= 15 is 0 Å². The highest BCUT2D eigenvalue weighted by molar-refractivity contribution is 7.85. The zero-order valence-corrected chi connectivity index (χ0v) is 20.2. The first-order valence-electron chi connectivity index (χ1n) is 11.1. The van der Waals surface area contributed by atoms with Crippen molar-refractivity contribution in [1.29, 1.82) is 0 Å². The second-order valence-electron chi connectivity index (χ2n) is 8.02. The lowest BCUT2D eigenvalue weighted by Crippen LogP contribution is -2.33. The van der Waals surface area contributed by atoms with Gasteiger partial charge < -0.3 is 18.8 Å². The molecule has 1 aliphatic heterocycles. The Kier molecular flexibility index (Phi) is 7.17. The van der Waals surface area contributed by atoms with Crippen LogP contribution in [0.1, 0.15) is 39.0 Å². The summed E-state index contributed by atoms with van der Waals surface area (Å²) in [5, 5.41) is 0. The van der Waals surface area contributed by atoms with Crippen molar-refractivity contribution in [2.24, 2.45) is 0 Å². The maximum Gasteiger partial charge on any atom is 0.339 e.